The number of aliphatic hydroxyl groups excluding tert-OH is 2. The van der Waals surface area contributed by atoms with Gasteiger partial charge in [0, 0.05) is 16.4 Å². The van der Waals surface area contributed by atoms with E-state index in [2.05, 4.69) is 20.8 Å². The van der Waals surface area contributed by atoms with Crippen molar-refractivity contribution in [2.45, 2.75) is 90.3 Å². The zero-order chi connectivity index (χ0) is 26.1. The first-order valence-electron chi connectivity index (χ1n) is 13.2. The van der Waals surface area contributed by atoms with Gasteiger partial charge in [0.05, 0.1) is 37.8 Å². The summed E-state index contributed by atoms with van der Waals surface area (Å²) < 4.78 is 23.0. The van der Waals surface area contributed by atoms with E-state index in [0.717, 1.165) is 12.0 Å². The number of hydrogen-bond donors (Lipinski definition) is 2. The van der Waals surface area contributed by atoms with E-state index in [0.29, 0.717) is 19.3 Å². The first kappa shape index (κ1) is 24.4. The first-order chi connectivity index (χ1) is 16.8. The first-order valence-corrected chi connectivity index (χ1v) is 13.2. The Labute approximate surface area is 211 Å². The molecule has 8 nitrogen and oxygen atoms in total. The molecule has 1 spiro atoms. The van der Waals surface area contributed by atoms with E-state index in [9.17, 15) is 19.8 Å². The Morgan fingerprint density at radius 1 is 1.06 bits per heavy atom. The third kappa shape index (κ3) is 2.47. The van der Waals surface area contributed by atoms with Crippen molar-refractivity contribution in [3.63, 3.8) is 0 Å². The molecule has 3 heterocycles. The number of esters is 2. The lowest BCUT2D eigenvalue weighted by atomic mass is 9.33. The zero-order valence-electron chi connectivity index (χ0n) is 21.9. The Hall–Kier alpha value is -1.90. The number of hydrogen-bond acceptors (Lipinski definition) is 8. The van der Waals surface area contributed by atoms with Gasteiger partial charge < -0.3 is 28.8 Å². The summed E-state index contributed by atoms with van der Waals surface area (Å²) in [5.74, 6) is -1.52. The second-order valence-corrected chi connectivity index (χ2v) is 13.2. The van der Waals surface area contributed by atoms with Gasteiger partial charge in [-0.15, -0.1) is 0 Å². The molecule has 0 aromatic carbocycles. The van der Waals surface area contributed by atoms with Gasteiger partial charge in [0.2, 0.25) is 0 Å². The van der Waals surface area contributed by atoms with Crippen LogP contribution >= 0.6 is 0 Å². The molecule has 5 aliphatic rings. The Morgan fingerprint density at radius 2 is 1.78 bits per heavy atom. The fourth-order valence-corrected chi connectivity index (χ4v) is 10.0. The quantitative estimate of drug-likeness (QED) is 0.467. The highest BCUT2D eigenvalue weighted by molar-refractivity contribution is 5.82. The Kier molecular flexibility index (Phi) is 4.85. The molecular weight excluding hydrogens is 464 g/mol. The molecule has 36 heavy (non-hydrogen) atoms. The zero-order valence-corrected chi connectivity index (χ0v) is 21.9. The van der Waals surface area contributed by atoms with E-state index in [-0.39, 0.29) is 17.8 Å². The van der Waals surface area contributed by atoms with Gasteiger partial charge in [0.15, 0.2) is 6.10 Å². The average molecular weight is 503 g/mol. The number of rotatable bonds is 2. The molecule has 0 unspecified atom stereocenters. The molecule has 11 atom stereocenters. The van der Waals surface area contributed by atoms with Gasteiger partial charge in [-0.25, -0.2) is 4.79 Å². The van der Waals surface area contributed by atoms with Crippen LogP contribution in [0.3, 0.4) is 0 Å². The minimum atomic E-state index is -0.936. The fraction of sp³-hybridized carbons (Fsp3) is 0.786. The van der Waals surface area contributed by atoms with Gasteiger partial charge in [-0.1, -0.05) is 34.6 Å². The van der Waals surface area contributed by atoms with Crippen LogP contribution < -0.4 is 0 Å². The van der Waals surface area contributed by atoms with Crippen molar-refractivity contribution in [3.8, 4) is 0 Å². The largest absolute Gasteiger partial charge is 0.472 e. The van der Waals surface area contributed by atoms with Gasteiger partial charge in [0.25, 0.3) is 0 Å². The predicted octanol–water partition coefficient (Wildman–Crippen LogP) is 3.40. The fourth-order valence-electron chi connectivity index (χ4n) is 10.0. The van der Waals surface area contributed by atoms with Crippen LogP contribution in [0, 0.1) is 39.4 Å². The highest BCUT2D eigenvalue weighted by atomic mass is 16.7. The molecule has 1 aromatic rings. The summed E-state index contributed by atoms with van der Waals surface area (Å²) >= 11 is 0. The number of ether oxygens (including phenoxy) is 3. The topological polar surface area (TPSA) is 119 Å². The SMILES string of the molecule is COC(=O)[C@H]1C[C@@H](O)C(C)(C)[C@H]2C[C@@H](O)[C@]3(C)[C@@H](CC[C@@]4(C)[C@H](c5ccoc5)OC(=O)[C@H]5O[C@]534)[C@@]12C. The summed E-state index contributed by atoms with van der Waals surface area (Å²) in [7, 11) is 1.40. The number of methoxy groups -OCH3 is 1. The average Bonchev–Trinajstić information content (AvgIpc) is 3.40. The van der Waals surface area contributed by atoms with E-state index in [1.165, 1.54) is 7.11 Å². The number of cyclic esters (lactones) is 1. The van der Waals surface area contributed by atoms with Gasteiger partial charge in [0.1, 0.15) is 11.7 Å². The molecule has 3 saturated carbocycles. The molecule has 2 saturated heterocycles. The van der Waals surface area contributed by atoms with Crippen LogP contribution in [0.5, 0.6) is 0 Å². The van der Waals surface area contributed by atoms with E-state index in [4.69, 9.17) is 18.6 Å². The number of epoxide rings is 1. The summed E-state index contributed by atoms with van der Waals surface area (Å²) in [5, 5.41) is 23.1. The van der Waals surface area contributed by atoms with Crippen molar-refractivity contribution >= 4 is 11.9 Å². The summed E-state index contributed by atoms with van der Waals surface area (Å²) in [6.45, 7) is 10.4. The van der Waals surface area contributed by atoms with Gasteiger partial charge in [-0.2, -0.15) is 0 Å². The van der Waals surface area contributed by atoms with Crippen molar-refractivity contribution in [3.05, 3.63) is 24.2 Å². The number of fused-ring (bicyclic) bond motifs is 3. The van der Waals surface area contributed by atoms with E-state index >= 15 is 0 Å². The summed E-state index contributed by atoms with van der Waals surface area (Å²) in [4.78, 5) is 26.4. The molecule has 198 valence electrons. The second kappa shape index (κ2) is 7.14. The molecule has 3 aliphatic carbocycles. The van der Waals surface area contributed by atoms with Crippen LogP contribution in [-0.2, 0) is 23.8 Å². The standard InChI is InChI=1S/C28H38O8/c1-24(2)17-12-19(30)27(5)16(26(17,4)15(11-18(24)29)22(31)33-6)7-9-25(3)20(14-8-10-34-13-14)35-23(32)21-28(25,27)36-21/h8,10,13,15-21,29-30H,7,9,11-12H2,1-6H3/t15-,16+,17-,18-,19-,20+,21-,25+,26-,27+,28+/m1/s1. The Bertz CT molecular complexity index is 1100. The molecule has 0 bridgehead atoms. The summed E-state index contributed by atoms with van der Waals surface area (Å²) in [5.41, 5.74) is -2.63. The van der Waals surface area contributed by atoms with Crippen molar-refractivity contribution in [1.82, 2.24) is 0 Å². The number of furan rings is 1. The Balaban J connectivity index is 1.53. The highest BCUT2D eigenvalue weighted by Gasteiger charge is 2.88. The molecular formula is C28H38O8. The lowest BCUT2D eigenvalue weighted by Crippen LogP contribution is -2.74. The number of carbonyl (C=O) groups excluding carboxylic acids is 2. The number of aliphatic hydroxyl groups is 2. The number of carbonyl (C=O) groups is 2. The third-order valence-corrected chi connectivity index (χ3v) is 11.9. The second-order valence-electron chi connectivity index (χ2n) is 13.2. The molecule has 2 aliphatic heterocycles. The molecule has 6 rings (SSSR count). The van der Waals surface area contributed by atoms with Crippen LogP contribution in [-0.4, -0.2) is 53.2 Å². The molecule has 5 fully saturated rings. The van der Waals surface area contributed by atoms with Crippen LogP contribution in [0.25, 0.3) is 0 Å². The van der Waals surface area contributed by atoms with E-state index in [1.54, 1.807) is 12.5 Å². The molecule has 1 aromatic heterocycles. The minimum absolute atomic E-state index is 0.121. The van der Waals surface area contributed by atoms with Crippen LogP contribution in [0.15, 0.2) is 23.0 Å². The van der Waals surface area contributed by atoms with Crippen molar-refractivity contribution in [2.75, 3.05) is 7.11 Å². The van der Waals surface area contributed by atoms with Crippen LogP contribution in [0.4, 0.5) is 0 Å². The maximum Gasteiger partial charge on any atom is 0.339 e. The van der Waals surface area contributed by atoms with Crippen molar-refractivity contribution in [1.29, 1.82) is 0 Å². The highest BCUT2D eigenvalue weighted by Crippen LogP contribution is 2.80. The minimum Gasteiger partial charge on any atom is -0.472 e. The lowest BCUT2D eigenvalue weighted by molar-refractivity contribution is -0.284. The van der Waals surface area contributed by atoms with Crippen LogP contribution in [0.2, 0.25) is 0 Å². The van der Waals surface area contributed by atoms with Crippen molar-refractivity contribution in [2.24, 2.45) is 39.4 Å². The molecule has 2 N–H and O–H groups in total. The normalized spacial score (nSPS) is 52.7. The van der Waals surface area contributed by atoms with Crippen LogP contribution in [0.1, 0.15) is 72.0 Å². The summed E-state index contributed by atoms with van der Waals surface area (Å²) in [6, 6.07) is 1.82. The third-order valence-electron chi connectivity index (χ3n) is 11.9. The molecule has 0 amide bonds. The van der Waals surface area contributed by atoms with Crippen molar-refractivity contribution < 1.29 is 38.4 Å². The summed E-state index contributed by atoms with van der Waals surface area (Å²) in [6.07, 6.45) is 2.52. The predicted molar refractivity (Wildman–Crippen MR) is 126 cm³/mol. The van der Waals surface area contributed by atoms with Gasteiger partial charge >= 0.3 is 11.9 Å². The van der Waals surface area contributed by atoms with Gasteiger partial charge in [-0.05, 0) is 54.4 Å². The molecule has 8 heteroatoms. The van der Waals surface area contributed by atoms with E-state index in [1.807, 2.05) is 19.9 Å². The molecule has 0 radical (unpaired) electrons. The monoisotopic (exact) mass is 502 g/mol. The van der Waals surface area contributed by atoms with E-state index < -0.39 is 63.6 Å². The lowest BCUT2D eigenvalue weighted by Gasteiger charge is -2.71. The smallest absolute Gasteiger partial charge is 0.339 e. The maximum absolute atomic E-state index is 13.2. The maximum atomic E-state index is 13.2. The Morgan fingerprint density at radius 3 is 2.42 bits per heavy atom. The van der Waals surface area contributed by atoms with Gasteiger partial charge in [-0.3, -0.25) is 4.79 Å².